The minimum atomic E-state index is -1.42. The molecule has 0 aromatic heterocycles. The van der Waals surface area contributed by atoms with Gasteiger partial charge >= 0.3 is 9.29 Å². The molecule has 36 valence electrons. The molecule has 0 aliphatic rings. The van der Waals surface area contributed by atoms with Crippen molar-refractivity contribution in [1.82, 2.24) is 0 Å². The zero-order chi connectivity index (χ0) is 6.12. The fraction of sp³-hybridized carbons (Fsp3) is 0. The molecule has 4 heteroatoms. The van der Waals surface area contributed by atoms with Crippen LogP contribution in [-0.4, -0.2) is 9.29 Å². The van der Waals surface area contributed by atoms with Crippen LogP contribution in [0.4, 0.5) is 0 Å². The SMILES string of the molecule is C=CC#N.O=[Si]=O. The van der Waals surface area contributed by atoms with Crippen molar-refractivity contribution in [3.05, 3.63) is 12.7 Å². The third kappa shape index (κ3) is 21300. The zero-order valence-electron chi connectivity index (χ0n) is 3.55. The predicted molar refractivity (Wildman–Crippen MR) is 22.9 cm³/mol. The van der Waals surface area contributed by atoms with Crippen molar-refractivity contribution in [2.45, 2.75) is 0 Å². The third-order valence-electron chi connectivity index (χ3n) is 0.0913. The summed E-state index contributed by atoms with van der Waals surface area (Å²) in [7, 11) is -1.42. The van der Waals surface area contributed by atoms with Crippen LogP contribution in [0.25, 0.3) is 0 Å². The van der Waals surface area contributed by atoms with Crippen molar-refractivity contribution in [2.75, 3.05) is 0 Å². The van der Waals surface area contributed by atoms with Crippen molar-refractivity contribution >= 4 is 9.29 Å². The van der Waals surface area contributed by atoms with E-state index in [-0.39, 0.29) is 0 Å². The lowest BCUT2D eigenvalue weighted by Crippen LogP contribution is -1.26. The molecule has 0 rings (SSSR count). The van der Waals surface area contributed by atoms with Gasteiger partial charge in [0.2, 0.25) is 0 Å². The van der Waals surface area contributed by atoms with Crippen LogP contribution in [0.15, 0.2) is 12.7 Å². The van der Waals surface area contributed by atoms with Crippen molar-refractivity contribution in [2.24, 2.45) is 0 Å². The van der Waals surface area contributed by atoms with Gasteiger partial charge in [-0.1, -0.05) is 6.58 Å². The summed E-state index contributed by atoms with van der Waals surface area (Å²) >= 11 is 0. The molecule has 3 nitrogen and oxygen atoms in total. The van der Waals surface area contributed by atoms with E-state index < -0.39 is 9.29 Å². The molecule has 0 saturated heterocycles. The van der Waals surface area contributed by atoms with Crippen molar-refractivity contribution in [3.63, 3.8) is 0 Å². The molecule has 0 unspecified atom stereocenters. The van der Waals surface area contributed by atoms with Gasteiger partial charge in [0.25, 0.3) is 0 Å². The topological polar surface area (TPSA) is 57.9 Å². The number of rotatable bonds is 0. The Morgan fingerprint density at radius 1 is 1.71 bits per heavy atom. The van der Waals surface area contributed by atoms with E-state index in [4.69, 9.17) is 14.2 Å². The third-order valence-corrected chi connectivity index (χ3v) is 0.0913. The van der Waals surface area contributed by atoms with E-state index in [0.717, 1.165) is 0 Å². The maximum absolute atomic E-state index is 8.40. The van der Waals surface area contributed by atoms with E-state index in [2.05, 4.69) is 6.58 Å². The van der Waals surface area contributed by atoms with Crippen LogP contribution in [0.2, 0.25) is 0 Å². The Labute approximate surface area is 43.2 Å². The highest BCUT2D eigenvalue weighted by Gasteiger charge is 1.34. The van der Waals surface area contributed by atoms with Crippen molar-refractivity contribution in [1.29, 1.82) is 5.26 Å². The standard InChI is InChI=1S/C3H3N.O2Si/c1-2-3-4;1-3-2/h2H,1H2;. The second kappa shape index (κ2) is 19.7. The Morgan fingerprint density at radius 3 is 1.86 bits per heavy atom. The van der Waals surface area contributed by atoms with Gasteiger partial charge in [-0.05, 0) is 0 Å². The number of nitrogens with zero attached hydrogens (tertiary/aromatic N) is 1. The Bertz CT molecular complexity index is 109. The molecular weight excluding hydrogens is 110 g/mol. The number of allylic oxidation sites excluding steroid dienone is 1. The molecule has 0 aliphatic heterocycles. The van der Waals surface area contributed by atoms with Gasteiger partial charge in [-0.15, -0.1) is 0 Å². The molecule has 0 heterocycles. The molecule has 0 aromatic rings. The highest BCUT2D eigenvalue weighted by atomic mass is 28.2. The summed E-state index contributed by atoms with van der Waals surface area (Å²) < 4.78 is 16.8. The summed E-state index contributed by atoms with van der Waals surface area (Å²) in [5.41, 5.74) is 0. The van der Waals surface area contributed by atoms with E-state index in [1.807, 2.05) is 0 Å². The molecule has 0 radical (unpaired) electrons. The van der Waals surface area contributed by atoms with E-state index in [1.54, 1.807) is 6.07 Å². The van der Waals surface area contributed by atoms with Crippen LogP contribution in [0, 0.1) is 11.3 Å². The lowest BCUT2D eigenvalue weighted by atomic mass is 10.8. The Balaban J connectivity index is 0. The maximum atomic E-state index is 8.40. The van der Waals surface area contributed by atoms with E-state index in [1.165, 1.54) is 6.08 Å². The largest absolute Gasteiger partial charge is 0.549 e. The predicted octanol–water partition coefficient (Wildman–Crippen LogP) is 0.0776. The van der Waals surface area contributed by atoms with Crippen molar-refractivity contribution < 1.29 is 8.92 Å². The fourth-order valence-corrected chi connectivity index (χ4v) is 0. The summed E-state index contributed by atoms with van der Waals surface area (Å²) in [6.45, 7) is 3.12. The molecule has 0 fully saturated rings. The Hall–Kier alpha value is -0.953. The summed E-state index contributed by atoms with van der Waals surface area (Å²) in [6, 6.07) is 1.69. The molecule has 0 atom stereocenters. The monoisotopic (exact) mass is 113 g/mol. The molecule has 0 spiro atoms. The number of nitriles is 1. The van der Waals surface area contributed by atoms with Gasteiger partial charge in [0.15, 0.2) is 0 Å². The first kappa shape index (κ1) is 9.40. The van der Waals surface area contributed by atoms with Gasteiger partial charge < -0.3 is 0 Å². The number of hydrogen-bond donors (Lipinski definition) is 0. The van der Waals surface area contributed by atoms with Crippen LogP contribution in [0.5, 0.6) is 0 Å². The zero-order valence-corrected chi connectivity index (χ0v) is 4.55. The fourth-order valence-electron chi connectivity index (χ4n) is 0. The van der Waals surface area contributed by atoms with Crippen molar-refractivity contribution in [3.8, 4) is 6.07 Å². The van der Waals surface area contributed by atoms with Crippen LogP contribution in [-0.2, 0) is 8.92 Å². The highest BCUT2D eigenvalue weighted by molar-refractivity contribution is 5.94. The Morgan fingerprint density at radius 2 is 1.86 bits per heavy atom. The van der Waals surface area contributed by atoms with Gasteiger partial charge in [-0.25, -0.2) is 0 Å². The normalized spacial score (nSPS) is 3.29. The first-order valence-corrected chi connectivity index (χ1v) is 2.15. The molecule has 0 amide bonds. The molecule has 0 saturated carbocycles. The molecule has 0 aromatic carbocycles. The second-order valence-corrected chi connectivity index (χ2v) is 0.583. The van der Waals surface area contributed by atoms with Gasteiger partial charge in [-0.3, -0.25) is 8.92 Å². The van der Waals surface area contributed by atoms with Gasteiger partial charge in [0, 0.05) is 6.08 Å². The summed E-state index contributed by atoms with van der Waals surface area (Å²) in [5, 5.41) is 7.51. The van der Waals surface area contributed by atoms with E-state index in [0.29, 0.717) is 0 Å². The average molecular weight is 113 g/mol. The molecule has 0 N–H and O–H groups in total. The smallest absolute Gasteiger partial charge is 0.274 e. The van der Waals surface area contributed by atoms with Crippen LogP contribution >= 0.6 is 0 Å². The molecule has 0 bridgehead atoms. The quantitative estimate of drug-likeness (QED) is 0.330. The first-order valence-electron chi connectivity index (χ1n) is 1.33. The minimum Gasteiger partial charge on any atom is -0.274 e. The first-order chi connectivity index (χ1) is 3.33. The molecular formula is C3H3NO2Si. The minimum absolute atomic E-state index is 1.18. The lowest BCUT2D eigenvalue weighted by molar-refractivity contribution is 0.497. The van der Waals surface area contributed by atoms with E-state index in [9.17, 15) is 0 Å². The number of hydrogen-bond acceptors (Lipinski definition) is 3. The maximum Gasteiger partial charge on any atom is 0.549 e. The van der Waals surface area contributed by atoms with Gasteiger partial charge in [-0.2, -0.15) is 5.26 Å². The second-order valence-electron chi connectivity index (χ2n) is 0.417. The van der Waals surface area contributed by atoms with Crippen LogP contribution in [0.1, 0.15) is 0 Å². The van der Waals surface area contributed by atoms with Gasteiger partial charge in [0.05, 0.1) is 6.07 Å². The van der Waals surface area contributed by atoms with Crippen LogP contribution < -0.4 is 0 Å². The summed E-state index contributed by atoms with van der Waals surface area (Å²) in [6.07, 6.45) is 1.18. The molecule has 0 aliphatic carbocycles. The summed E-state index contributed by atoms with van der Waals surface area (Å²) in [4.78, 5) is 0. The Kier molecular flexibility index (Phi) is 26.5. The average Bonchev–Trinajstić information content (AvgIpc) is 1.69. The van der Waals surface area contributed by atoms with Crippen LogP contribution in [0.3, 0.4) is 0 Å². The molecule has 7 heavy (non-hydrogen) atoms. The highest BCUT2D eigenvalue weighted by Crippen LogP contribution is 1.41. The van der Waals surface area contributed by atoms with E-state index >= 15 is 0 Å². The summed E-state index contributed by atoms with van der Waals surface area (Å²) in [5.74, 6) is 0. The van der Waals surface area contributed by atoms with Gasteiger partial charge in [0.1, 0.15) is 0 Å². The lowest BCUT2D eigenvalue weighted by Gasteiger charge is -1.31.